The maximum absolute atomic E-state index is 11.3. The van der Waals surface area contributed by atoms with Crippen LogP contribution in [0.5, 0.6) is 0 Å². The average molecular weight is 1540 g/mol. The van der Waals surface area contributed by atoms with Crippen LogP contribution in [0.25, 0.3) is 204 Å². The molecule has 4 aliphatic rings. The van der Waals surface area contributed by atoms with Crippen LogP contribution in [0.2, 0.25) is 0 Å². The van der Waals surface area contributed by atoms with E-state index < -0.39 is 0 Å². The molecule has 0 fully saturated rings. The van der Waals surface area contributed by atoms with Crippen LogP contribution in [-0.2, 0) is 13.1 Å². The van der Waals surface area contributed by atoms with Crippen molar-refractivity contribution < 1.29 is 5.11 Å². The van der Waals surface area contributed by atoms with Gasteiger partial charge in [-0.15, -0.1) is 0 Å². The van der Waals surface area contributed by atoms with E-state index in [1.807, 2.05) is 0 Å². The third-order valence-corrected chi connectivity index (χ3v) is 23.2. The minimum Gasteiger partial charge on any atom is -0.395 e. The van der Waals surface area contributed by atoms with Gasteiger partial charge in [-0.3, -0.25) is 14.9 Å². The highest BCUT2D eigenvalue weighted by atomic mass is 32.2. The Labute approximate surface area is 687 Å². The lowest BCUT2D eigenvalue weighted by atomic mass is 10.0. The fraction of sp³-hybridized carbons (Fsp3) is 0.0667. The summed E-state index contributed by atoms with van der Waals surface area (Å²) in [4.78, 5) is 50.9. The Bertz CT molecular complexity index is 6500. The van der Waals surface area contributed by atoms with Gasteiger partial charge in [-0.25, -0.2) is 19.9 Å². The van der Waals surface area contributed by atoms with Gasteiger partial charge >= 0.3 is 0 Å². The van der Waals surface area contributed by atoms with Gasteiger partial charge in [0.25, 0.3) is 0 Å². The number of fused-ring (bicyclic) bond motifs is 16. The van der Waals surface area contributed by atoms with Crippen molar-refractivity contribution in [3.8, 4) is 112 Å². The number of benzene rings is 8. The van der Waals surface area contributed by atoms with Crippen LogP contribution < -0.4 is 0 Å². The van der Waals surface area contributed by atoms with Gasteiger partial charge in [0, 0.05) is 119 Å². The standard InChI is InChI=1S/C105H79N11OS/c1-118-63-62-79(66-117)116(64-77-34-20-36-80(106-77)67-38-42-75(43-39-67)104-94-58-54-90(112-94)100(71-26-12-4-13-27-71)86-50-46-82(108-86)98(69-22-8-2-9-23-69)83-47-51-87(109-83)101(72-28-14-5-15-29-72)91-55-59-95(104)113-91)65-78-35-21-37-81(107-78)68-40-44-76(45-41-68)105-96-60-56-92(114-96)102(73-30-16-6-17-31-73)88-52-48-84(110-88)99(70-24-10-3-11-25-70)85-49-53-89(111-85)103(74-32-18-7-19-33-74)93-57-61-97(105)115-93/h2-61,79,108,110,113,115,117H,62-66H2,1H3/t79-/m0/s1. The van der Waals surface area contributed by atoms with Crippen molar-refractivity contribution in [1.82, 2.24) is 54.7 Å². The number of nitrogens with one attached hydrogen (secondary N) is 4. The molecule has 0 amide bonds. The van der Waals surface area contributed by atoms with Gasteiger partial charge in [0.05, 0.1) is 74.9 Å². The Balaban J connectivity index is 0.640. The molecule has 1 atom stereocenters. The van der Waals surface area contributed by atoms with Crippen LogP contribution in [0.15, 0.2) is 315 Å². The fourth-order valence-corrected chi connectivity index (χ4v) is 17.4. The zero-order valence-corrected chi connectivity index (χ0v) is 65.6. The monoisotopic (exact) mass is 1540 g/mol. The molecule has 0 unspecified atom stereocenters. The molecule has 0 spiro atoms. The Hall–Kier alpha value is -14.5. The molecule has 5 N–H and O–H groups in total. The van der Waals surface area contributed by atoms with Gasteiger partial charge in [0.15, 0.2) is 0 Å². The van der Waals surface area contributed by atoms with Crippen molar-refractivity contribution in [3.05, 3.63) is 372 Å². The normalized spacial score (nSPS) is 12.4. The van der Waals surface area contributed by atoms with E-state index in [4.69, 9.17) is 29.9 Å². The van der Waals surface area contributed by atoms with Crippen LogP contribution >= 0.6 is 11.8 Å². The van der Waals surface area contributed by atoms with E-state index in [1.165, 1.54) is 0 Å². The maximum Gasteiger partial charge on any atom is 0.0737 e. The number of aliphatic hydroxyl groups excluding tert-OH is 1. The van der Waals surface area contributed by atoms with Crippen molar-refractivity contribution in [2.45, 2.75) is 25.6 Å². The van der Waals surface area contributed by atoms with E-state index in [0.717, 1.165) is 225 Å². The molecule has 118 heavy (non-hydrogen) atoms. The zero-order chi connectivity index (χ0) is 78.8. The molecule has 8 aromatic heterocycles. The second kappa shape index (κ2) is 32.1. The Morgan fingerprint density at radius 2 is 0.475 bits per heavy atom. The van der Waals surface area contributed by atoms with E-state index in [9.17, 15) is 5.11 Å². The lowest BCUT2D eigenvalue weighted by Gasteiger charge is -2.30. The summed E-state index contributed by atoms with van der Waals surface area (Å²) < 4.78 is 0. The number of nitrogens with zero attached hydrogens (tertiary/aromatic N) is 7. The average Bonchev–Trinajstić information content (AvgIpc) is 1.61. The lowest BCUT2D eigenvalue weighted by molar-refractivity contribution is 0.105. The van der Waals surface area contributed by atoms with E-state index in [1.54, 1.807) is 11.8 Å². The third kappa shape index (κ3) is 14.3. The number of aliphatic hydroxyl groups is 1. The molecule has 8 aromatic carbocycles. The number of rotatable bonds is 19. The van der Waals surface area contributed by atoms with Crippen molar-refractivity contribution >= 4 is 105 Å². The molecule has 0 saturated carbocycles. The van der Waals surface area contributed by atoms with Gasteiger partial charge in [0.1, 0.15) is 0 Å². The largest absolute Gasteiger partial charge is 0.395 e. The topological polar surface area (TPSA) is 164 Å². The highest BCUT2D eigenvalue weighted by molar-refractivity contribution is 7.98. The fourth-order valence-electron chi connectivity index (χ4n) is 16.9. The highest BCUT2D eigenvalue weighted by Crippen LogP contribution is 2.43. The summed E-state index contributed by atoms with van der Waals surface area (Å²) in [6.07, 6.45) is 20.0. The summed E-state index contributed by atoms with van der Waals surface area (Å²) >= 11 is 1.78. The van der Waals surface area contributed by atoms with Crippen LogP contribution in [0, 0.1) is 0 Å². The van der Waals surface area contributed by atoms with Crippen LogP contribution in [0.4, 0.5) is 0 Å². The summed E-state index contributed by atoms with van der Waals surface area (Å²) in [5.74, 6) is 0.886. The van der Waals surface area contributed by atoms with Gasteiger partial charge < -0.3 is 25.0 Å². The number of hydrogen-bond donors (Lipinski definition) is 5. The molecule has 0 saturated heterocycles. The van der Waals surface area contributed by atoms with Gasteiger partial charge in [-0.05, 0) is 184 Å². The molecule has 566 valence electrons. The summed E-state index contributed by atoms with van der Waals surface area (Å²) in [5.41, 5.74) is 35.9. The summed E-state index contributed by atoms with van der Waals surface area (Å²) in [6, 6.07) is 110. The minimum atomic E-state index is -0.157. The molecule has 20 rings (SSSR count). The third-order valence-electron chi connectivity index (χ3n) is 22.5. The predicted molar refractivity (Wildman–Crippen MR) is 491 cm³/mol. The first-order valence-electron chi connectivity index (χ1n) is 40.0. The van der Waals surface area contributed by atoms with E-state index >= 15 is 0 Å². The van der Waals surface area contributed by atoms with Gasteiger partial charge in [0.2, 0.25) is 0 Å². The van der Waals surface area contributed by atoms with Crippen molar-refractivity contribution in [3.63, 3.8) is 0 Å². The van der Waals surface area contributed by atoms with E-state index in [-0.39, 0.29) is 12.6 Å². The SMILES string of the molecule is CSCC[C@@H](CO)N(Cc1cccc(-c2ccc(-c3c4nc(c(-c5ccccc5)c5ccc([nH]5)c(-c5ccccc5)c5nc(c(-c6ccccc6)c6ccc3[nH]6)C=C5)C=C4)cc2)n1)Cc1cccc(-c2ccc(-c3c4nc(c(-c5ccccc5)c5ccc([nH]5)c(-c5ccccc5)c5nc(c(-c6ccccc6)c6ccc3[nH]6)C=C5)C=C4)cc2)n1. The lowest BCUT2D eigenvalue weighted by Crippen LogP contribution is -2.38. The number of thioether (sulfide) groups is 1. The van der Waals surface area contributed by atoms with Crippen molar-refractivity contribution in [1.29, 1.82) is 0 Å². The van der Waals surface area contributed by atoms with Crippen LogP contribution in [-0.4, -0.2) is 84.5 Å². The molecule has 0 aliphatic carbocycles. The van der Waals surface area contributed by atoms with Crippen molar-refractivity contribution in [2.75, 3.05) is 18.6 Å². The summed E-state index contributed by atoms with van der Waals surface area (Å²) in [6.45, 7) is 0.960. The quantitative estimate of drug-likeness (QED) is 0.0530. The molecular weight excluding hydrogens is 1460 g/mol. The minimum absolute atomic E-state index is 0.0157. The van der Waals surface area contributed by atoms with E-state index in [0.29, 0.717) is 13.1 Å². The molecule has 4 aliphatic heterocycles. The molecule has 0 radical (unpaired) electrons. The number of hydrogen-bond acceptors (Lipinski definition) is 9. The maximum atomic E-state index is 11.3. The first-order valence-corrected chi connectivity index (χ1v) is 41.4. The Morgan fingerprint density at radius 3 is 0.695 bits per heavy atom. The molecule has 12 heterocycles. The number of H-pyrrole nitrogens is 4. The van der Waals surface area contributed by atoms with Crippen LogP contribution in [0.1, 0.15) is 63.4 Å². The first kappa shape index (κ1) is 72.5. The smallest absolute Gasteiger partial charge is 0.0737 e. The molecule has 12 nitrogen and oxygen atoms in total. The first-order chi connectivity index (χ1) is 58.4. The number of aromatic amines is 4. The predicted octanol–water partition coefficient (Wildman–Crippen LogP) is 25.2. The number of pyridine rings is 2. The van der Waals surface area contributed by atoms with Gasteiger partial charge in [-0.1, -0.05) is 243 Å². The highest BCUT2D eigenvalue weighted by Gasteiger charge is 2.25. The molecular formula is C105H79N11OS. The zero-order valence-electron chi connectivity index (χ0n) is 64.7. The molecule has 16 aromatic rings. The van der Waals surface area contributed by atoms with Crippen molar-refractivity contribution in [2.24, 2.45) is 0 Å². The van der Waals surface area contributed by atoms with Gasteiger partial charge in [-0.2, -0.15) is 11.8 Å². The second-order valence-electron chi connectivity index (χ2n) is 29.9. The Morgan fingerprint density at radius 1 is 0.254 bits per heavy atom. The van der Waals surface area contributed by atoms with E-state index in [2.05, 4.69) is 395 Å². The Kier molecular flexibility index (Phi) is 19.7. The molecule has 16 bridgehead atoms. The summed E-state index contributed by atoms with van der Waals surface area (Å²) in [7, 11) is 0. The number of aromatic nitrogens is 10. The molecule has 13 heteroatoms. The second-order valence-corrected chi connectivity index (χ2v) is 30.9. The summed E-state index contributed by atoms with van der Waals surface area (Å²) in [5, 5.41) is 11.3. The van der Waals surface area contributed by atoms with Crippen LogP contribution in [0.3, 0.4) is 0 Å².